The Kier molecular flexibility index (Phi) is 4.58. The number of amides is 1. The minimum atomic E-state index is -0.421. The van der Waals surface area contributed by atoms with Crippen LogP contribution >= 0.6 is 23.4 Å². The first kappa shape index (κ1) is 12.2. The van der Waals surface area contributed by atoms with E-state index in [9.17, 15) is 4.79 Å². The molecule has 1 rings (SSSR count). The van der Waals surface area contributed by atoms with Gasteiger partial charge in [-0.15, -0.1) is 11.6 Å². The lowest BCUT2D eigenvalue weighted by molar-refractivity contribution is -0.120. The van der Waals surface area contributed by atoms with E-state index in [4.69, 9.17) is 11.6 Å². The first-order valence-corrected chi connectivity index (χ1v) is 6.73. The third-order valence-corrected chi connectivity index (χ3v) is 4.51. The van der Waals surface area contributed by atoms with Crippen LogP contribution in [0.3, 0.4) is 0 Å². The van der Waals surface area contributed by atoms with Crippen molar-refractivity contribution in [2.75, 3.05) is 12.8 Å². The van der Waals surface area contributed by atoms with Gasteiger partial charge in [-0.1, -0.05) is 12.8 Å². The Morgan fingerprint density at radius 2 is 2.14 bits per heavy atom. The van der Waals surface area contributed by atoms with Crippen LogP contribution in [0.2, 0.25) is 0 Å². The number of alkyl halides is 1. The highest BCUT2D eigenvalue weighted by atomic mass is 35.5. The minimum Gasteiger partial charge on any atom is -0.353 e. The number of nitrogens with one attached hydrogen (secondary N) is 1. The summed E-state index contributed by atoms with van der Waals surface area (Å²) in [5, 5.41) is 2.50. The fraction of sp³-hybridized carbons (Fsp3) is 0.900. The molecule has 1 aliphatic rings. The van der Waals surface area contributed by atoms with Crippen LogP contribution in [0, 0.1) is 0 Å². The summed E-state index contributed by atoms with van der Waals surface area (Å²) < 4.78 is 0.279. The van der Waals surface area contributed by atoms with Gasteiger partial charge in [0.2, 0.25) is 5.91 Å². The van der Waals surface area contributed by atoms with Crippen LogP contribution in [-0.2, 0) is 4.79 Å². The summed E-state index contributed by atoms with van der Waals surface area (Å²) in [5.74, 6) is -0.0491. The van der Waals surface area contributed by atoms with Gasteiger partial charge in [0.15, 0.2) is 0 Å². The first-order chi connectivity index (χ1) is 6.59. The molecule has 1 atom stereocenters. The molecule has 2 nitrogen and oxygen atoms in total. The number of hydrogen-bond donors (Lipinski definition) is 1. The van der Waals surface area contributed by atoms with E-state index in [2.05, 4.69) is 11.6 Å². The minimum absolute atomic E-state index is 0.0491. The van der Waals surface area contributed by atoms with Gasteiger partial charge in [0.05, 0.1) is 0 Å². The molecule has 0 radical (unpaired) electrons. The van der Waals surface area contributed by atoms with Crippen LogP contribution in [0.1, 0.15) is 32.6 Å². The van der Waals surface area contributed by atoms with Gasteiger partial charge >= 0.3 is 0 Å². The predicted octanol–water partition coefficient (Wildman–Crippen LogP) is 2.41. The zero-order chi connectivity index (χ0) is 10.6. The highest BCUT2D eigenvalue weighted by Crippen LogP contribution is 2.39. The smallest absolute Gasteiger partial charge is 0.237 e. The molecule has 1 amide bonds. The molecule has 82 valence electrons. The Balaban J connectivity index is 2.38. The van der Waals surface area contributed by atoms with Crippen molar-refractivity contribution >= 4 is 29.3 Å². The van der Waals surface area contributed by atoms with Crippen molar-refractivity contribution in [3.63, 3.8) is 0 Å². The second-order valence-electron chi connectivity index (χ2n) is 3.93. The summed E-state index contributed by atoms with van der Waals surface area (Å²) in [5.41, 5.74) is 0. The van der Waals surface area contributed by atoms with Gasteiger partial charge in [-0.3, -0.25) is 4.79 Å². The highest BCUT2D eigenvalue weighted by Gasteiger charge is 2.33. The monoisotopic (exact) mass is 235 g/mol. The SMILES string of the molecule is CSC1(CNC(=O)C(C)Cl)CCCC1. The largest absolute Gasteiger partial charge is 0.353 e. The van der Waals surface area contributed by atoms with Crippen LogP contribution in [0.15, 0.2) is 0 Å². The van der Waals surface area contributed by atoms with E-state index in [1.165, 1.54) is 25.7 Å². The summed E-state index contributed by atoms with van der Waals surface area (Å²) in [6, 6.07) is 0. The molecule has 1 N–H and O–H groups in total. The van der Waals surface area contributed by atoms with Gasteiger partial charge in [0.25, 0.3) is 0 Å². The lowest BCUT2D eigenvalue weighted by Gasteiger charge is -2.27. The third kappa shape index (κ3) is 3.06. The Morgan fingerprint density at radius 3 is 2.57 bits per heavy atom. The van der Waals surface area contributed by atoms with E-state index < -0.39 is 5.38 Å². The first-order valence-electron chi connectivity index (χ1n) is 5.06. The van der Waals surface area contributed by atoms with Gasteiger partial charge < -0.3 is 5.32 Å². The number of carbonyl (C=O) groups is 1. The van der Waals surface area contributed by atoms with Crippen molar-refractivity contribution in [3.05, 3.63) is 0 Å². The van der Waals surface area contributed by atoms with Crippen molar-refractivity contribution < 1.29 is 4.79 Å². The fourth-order valence-corrected chi connectivity index (χ4v) is 2.85. The predicted molar refractivity (Wildman–Crippen MR) is 63.0 cm³/mol. The Morgan fingerprint density at radius 1 is 1.57 bits per heavy atom. The Hall–Kier alpha value is 0.110. The molecule has 4 heteroatoms. The zero-order valence-corrected chi connectivity index (χ0v) is 10.4. The molecule has 0 spiro atoms. The molecule has 0 aromatic heterocycles. The van der Waals surface area contributed by atoms with Crippen molar-refractivity contribution in [1.29, 1.82) is 0 Å². The second kappa shape index (κ2) is 5.26. The lowest BCUT2D eigenvalue weighted by atomic mass is 10.1. The molecule has 0 saturated heterocycles. The summed E-state index contributed by atoms with van der Waals surface area (Å²) in [4.78, 5) is 11.3. The van der Waals surface area contributed by atoms with Gasteiger partial charge in [-0.25, -0.2) is 0 Å². The van der Waals surface area contributed by atoms with Crippen LogP contribution in [0.4, 0.5) is 0 Å². The quantitative estimate of drug-likeness (QED) is 0.759. The van der Waals surface area contributed by atoms with Crippen LogP contribution in [-0.4, -0.2) is 28.8 Å². The van der Waals surface area contributed by atoms with E-state index >= 15 is 0 Å². The fourth-order valence-electron chi connectivity index (χ4n) is 1.86. The van der Waals surface area contributed by atoms with Gasteiger partial charge in [0.1, 0.15) is 5.38 Å². The molecule has 1 fully saturated rings. The molecule has 0 aromatic rings. The highest BCUT2D eigenvalue weighted by molar-refractivity contribution is 8.00. The number of thioether (sulfide) groups is 1. The molecule has 1 unspecified atom stereocenters. The number of rotatable bonds is 4. The number of carbonyl (C=O) groups excluding carboxylic acids is 1. The molecule has 14 heavy (non-hydrogen) atoms. The van der Waals surface area contributed by atoms with Crippen LogP contribution < -0.4 is 5.32 Å². The van der Waals surface area contributed by atoms with Crippen molar-refractivity contribution in [3.8, 4) is 0 Å². The summed E-state index contributed by atoms with van der Waals surface area (Å²) in [7, 11) is 0. The maximum atomic E-state index is 11.3. The molecule has 0 aliphatic heterocycles. The molecule has 1 saturated carbocycles. The maximum Gasteiger partial charge on any atom is 0.237 e. The Labute approximate surface area is 95.2 Å². The third-order valence-electron chi connectivity index (χ3n) is 2.89. The lowest BCUT2D eigenvalue weighted by Crippen LogP contribution is -2.40. The normalized spacial score (nSPS) is 21.9. The number of halogens is 1. The molecular formula is C10H18ClNOS. The summed E-state index contributed by atoms with van der Waals surface area (Å²) in [6.07, 6.45) is 7.12. The molecule has 1 aliphatic carbocycles. The van der Waals surface area contributed by atoms with E-state index in [1.54, 1.807) is 6.92 Å². The van der Waals surface area contributed by atoms with Crippen molar-refractivity contribution in [2.45, 2.75) is 42.7 Å². The van der Waals surface area contributed by atoms with E-state index in [0.29, 0.717) is 0 Å². The topological polar surface area (TPSA) is 29.1 Å². The van der Waals surface area contributed by atoms with Crippen LogP contribution in [0.25, 0.3) is 0 Å². The maximum absolute atomic E-state index is 11.3. The second-order valence-corrected chi connectivity index (χ2v) is 5.86. The van der Waals surface area contributed by atoms with E-state index in [1.807, 2.05) is 11.8 Å². The summed E-state index contributed by atoms with van der Waals surface area (Å²) in [6.45, 7) is 2.47. The van der Waals surface area contributed by atoms with E-state index in [0.717, 1.165) is 6.54 Å². The molecule has 0 bridgehead atoms. The zero-order valence-electron chi connectivity index (χ0n) is 8.81. The average Bonchev–Trinajstić information content (AvgIpc) is 2.63. The van der Waals surface area contributed by atoms with Gasteiger partial charge in [-0.05, 0) is 26.0 Å². The Bertz CT molecular complexity index is 202. The average molecular weight is 236 g/mol. The molecule has 0 heterocycles. The standard InChI is InChI=1S/C10H18ClNOS/c1-8(11)9(13)12-7-10(14-2)5-3-4-6-10/h8H,3-7H2,1-2H3,(H,12,13). The number of hydrogen-bond acceptors (Lipinski definition) is 2. The van der Waals surface area contributed by atoms with E-state index in [-0.39, 0.29) is 10.7 Å². The van der Waals surface area contributed by atoms with Crippen molar-refractivity contribution in [2.24, 2.45) is 0 Å². The van der Waals surface area contributed by atoms with Gasteiger partial charge in [-0.2, -0.15) is 11.8 Å². The van der Waals surface area contributed by atoms with Gasteiger partial charge in [0, 0.05) is 11.3 Å². The molecular weight excluding hydrogens is 218 g/mol. The molecule has 0 aromatic carbocycles. The summed E-state index contributed by atoms with van der Waals surface area (Å²) >= 11 is 7.56. The van der Waals surface area contributed by atoms with Crippen LogP contribution in [0.5, 0.6) is 0 Å². The van der Waals surface area contributed by atoms with Crippen molar-refractivity contribution in [1.82, 2.24) is 5.32 Å².